The number of carboxylic acid groups (broad SMARTS) is 1. The van der Waals surface area contributed by atoms with Gasteiger partial charge in [-0.3, -0.25) is 14.2 Å². The number of carbonyl (C=O) groups is 1. The molecule has 3 rings (SSSR count). The van der Waals surface area contributed by atoms with Crippen molar-refractivity contribution >= 4 is 29.3 Å². The molecule has 204 valence electrons. The predicted molar refractivity (Wildman–Crippen MR) is 144 cm³/mol. The van der Waals surface area contributed by atoms with Crippen molar-refractivity contribution in [1.29, 1.82) is 0 Å². The van der Waals surface area contributed by atoms with E-state index < -0.39 is 5.97 Å². The molecule has 9 nitrogen and oxygen atoms in total. The molecule has 0 saturated carbocycles. The van der Waals surface area contributed by atoms with Crippen molar-refractivity contribution in [3.8, 4) is 0 Å². The highest BCUT2D eigenvalue weighted by atomic mass is 32.1. The van der Waals surface area contributed by atoms with Gasteiger partial charge in [-0.2, -0.15) is 0 Å². The third kappa shape index (κ3) is 9.23. The van der Waals surface area contributed by atoms with Crippen LogP contribution in [0.4, 0.5) is 9.41 Å². The maximum atomic E-state index is 9.41. The van der Waals surface area contributed by atoms with E-state index in [9.17, 15) is 9.90 Å². The molecule has 3 aliphatic heterocycles. The third-order valence-corrected chi connectivity index (χ3v) is 5.93. The minimum absolute atomic E-state index is 0. The molecule has 3 heterocycles. The van der Waals surface area contributed by atoms with Crippen molar-refractivity contribution in [1.82, 2.24) is 20.4 Å². The van der Waals surface area contributed by atoms with Gasteiger partial charge in [-0.15, -0.1) is 0 Å². The van der Waals surface area contributed by atoms with Crippen molar-refractivity contribution < 1.29 is 29.2 Å². The SMILES string of the molecule is C=C/C=C(\C=C\O)C1=C2CCN(C(=S)NCCCC)C2N=C(N2CCOCC2)N1.CCC(=O)O.F.F. The zero-order valence-corrected chi connectivity index (χ0v) is 21.8. The second-order valence-electron chi connectivity index (χ2n) is 7.90. The number of fused-ring (bicyclic) bond motifs is 1. The summed E-state index contributed by atoms with van der Waals surface area (Å²) in [5.41, 5.74) is 3.01. The average molecular weight is 532 g/mol. The Bertz CT molecular complexity index is 857. The van der Waals surface area contributed by atoms with E-state index in [1.165, 1.54) is 5.57 Å². The topological polar surface area (TPSA) is 110 Å². The number of rotatable bonds is 7. The Balaban J connectivity index is 0.00000160. The van der Waals surface area contributed by atoms with E-state index in [-0.39, 0.29) is 22.0 Å². The van der Waals surface area contributed by atoms with Gasteiger partial charge in [-0.25, -0.2) is 4.99 Å². The number of aliphatic imine (C=N–C) groups is 1. The van der Waals surface area contributed by atoms with Crippen LogP contribution >= 0.6 is 12.2 Å². The van der Waals surface area contributed by atoms with Crippen LogP contribution in [0.2, 0.25) is 0 Å². The number of aliphatic carboxylic acids is 1. The lowest BCUT2D eigenvalue weighted by atomic mass is 10.0. The van der Waals surface area contributed by atoms with Crippen LogP contribution in [0.5, 0.6) is 0 Å². The second-order valence-corrected chi connectivity index (χ2v) is 8.29. The quantitative estimate of drug-likeness (QED) is 0.170. The Hall–Kier alpha value is -2.99. The predicted octanol–water partition coefficient (Wildman–Crippen LogP) is 3.21. The van der Waals surface area contributed by atoms with E-state index in [1.54, 1.807) is 19.1 Å². The Morgan fingerprint density at radius 3 is 2.53 bits per heavy atom. The summed E-state index contributed by atoms with van der Waals surface area (Å²) in [6.07, 6.45) is 9.50. The van der Waals surface area contributed by atoms with Gasteiger partial charge in [-0.05, 0) is 31.1 Å². The summed E-state index contributed by atoms with van der Waals surface area (Å²) >= 11 is 5.68. The number of aliphatic hydroxyl groups excluding tert-OH is 1. The number of hydrogen-bond donors (Lipinski definition) is 4. The van der Waals surface area contributed by atoms with Crippen LogP contribution in [0.15, 0.2) is 52.9 Å². The minimum Gasteiger partial charge on any atom is -0.516 e. The molecule has 36 heavy (non-hydrogen) atoms. The Kier molecular flexibility index (Phi) is 16.0. The average Bonchev–Trinajstić information content (AvgIpc) is 3.28. The molecular formula is C24H39F2N5O4S. The molecule has 12 heteroatoms. The number of carboxylic acids is 1. The van der Waals surface area contributed by atoms with Crippen LogP contribution in [0.3, 0.4) is 0 Å². The van der Waals surface area contributed by atoms with Gasteiger partial charge >= 0.3 is 5.97 Å². The summed E-state index contributed by atoms with van der Waals surface area (Å²) < 4.78 is 5.50. The van der Waals surface area contributed by atoms with Gasteiger partial charge in [0.15, 0.2) is 11.3 Å². The zero-order chi connectivity index (χ0) is 24.9. The standard InChI is InChI=1S/C21H31N5O2S.C3H6O2.2FH/c1-3-5-9-22-21(29)26-10-7-17-18(16(6-4-2)8-13-27)23-20(24-19(17)26)25-11-14-28-15-12-25;1-2-3(4)5;;/h4,6,8,13,19,27H,2-3,5,7,9-12,14-15H2,1H3,(H,22,29)(H,23,24);2H2,1H3,(H,4,5);2*1H/b13-8+,16-6+;;;. The van der Waals surface area contributed by atoms with Crippen LogP contribution in [0.1, 0.15) is 39.5 Å². The first-order valence-corrected chi connectivity index (χ1v) is 12.2. The molecule has 3 aliphatic rings. The number of likely N-dealkylation sites (tertiary alicyclic amines) is 1. The lowest BCUT2D eigenvalue weighted by Crippen LogP contribution is -2.51. The molecule has 0 aromatic carbocycles. The van der Waals surface area contributed by atoms with E-state index in [4.69, 9.17) is 27.1 Å². The number of guanidine groups is 1. The summed E-state index contributed by atoms with van der Waals surface area (Å²) in [5.74, 6) is 0.0756. The van der Waals surface area contributed by atoms with Gasteiger partial charge < -0.3 is 35.4 Å². The number of ether oxygens (including phenoxy) is 1. The van der Waals surface area contributed by atoms with Crippen LogP contribution in [0.25, 0.3) is 0 Å². The monoisotopic (exact) mass is 531 g/mol. The summed E-state index contributed by atoms with van der Waals surface area (Å²) in [7, 11) is 0. The molecule has 0 amide bonds. The molecule has 0 radical (unpaired) electrons. The van der Waals surface area contributed by atoms with Gasteiger partial charge in [0.05, 0.1) is 25.2 Å². The van der Waals surface area contributed by atoms with E-state index in [0.29, 0.717) is 13.2 Å². The van der Waals surface area contributed by atoms with Gasteiger partial charge in [0.25, 0.3) is 0 Å². The lowest BCUT2D eigenvalue weighted by Gasteiger charge is -2.36. The highest BCUT2D eigenvalue weighted by Gasteiger charge is 2.37. The number of nitrogens with one attached hydrogen (secondary N) is 2. The lowest BCUT2D eigenvalue weighted by molar-refractivity contribution is -0.136. The van der Waals surface area contributed by atoms with Gasteiger partial charge in [0.1, 0.15) is 0 Å². The first kappa shape index (κ1) is 33.0. The Labute approximate surface area is 217 Å². The van der Waals surface area contributed by atoms with Gasteiger partial charge in [0.2, 0.25) is 5.96 Å². The van der Waals surface area contributed by atoms with Crippen LogP contribution in [-0.2, 0) is 9.53 Å². The Morgan fingerprint density at radius 2 is 1.97 bits per heavy atom. The second kappa shape index (κ2) is 17.4. The van der Waals surface area contributed by atoms with Gasteiger partial charge in [-0.1, -0.05) is 39.0 Å². The van der Waals surface area contributed by atoms with E-state index in [2.05, 4.69) is 33.9 Å². The number of thiocarbonyl (C=S) groups is 1. The van der Waals surface area contributed by atoms with Crippen molar-refractivity contribution in [3.63, 3.8) is 0 Å². The van der Waals surface area contributed by atoms with E-state index >= 15 is 0 Å². The van der Waals surface area contributed by atoms with Crippen molar-refractivity contribution in [3.05, 3.63) is 47.9 Å². The first-order chi connectivity index (χ1) is 16.5. The number of hydrogen-bond acceptors (Lipinski definition) is 7. The number of halogens is 2. The molecule has 1 atom stereocenters. The summed E-state index contributed by atoms with van der Waals surface area (Å²) in [6.45, 7) is 12.2. The molecule has 0 aromatic heterocycles. The molecule has 4 N–H and O–H groups in total. The highest BCUT2D eigenvalue weighted by Crippen LogP contribution is 2.33. The molecule has 2 fully saturated rings. The van der Waals surface area contributed by atoms with Crippen molar-refractivity contribution in [2.75, 3.05) is 39.4 Å². The fourth-order valence-electron chi connectivity index (χ4n) is 3.73. The zero-order valence-electron chi connectivity index (χ0n) is 20.9. The van der Waals surface area contributed by atoms with E-state index in [1.807, 2.05) is 6.08 Å². The maximum Gasteiger partial charge on any atom is 0.303 e. The number of allylic oxidation sites excluding steroid dienone is 3. The molecule has 0 bridgehead atoms. The normalized spacial score (nSPS) is 19.1. The largest absolute Gasteiger partial charge is 0.516 e. The molecule has 0 spiro atoms. The maximum absolute atomic E-state index is 9.41. The van der Waals surface area contributed by atoms with Gasteiger partial charge in [0, 0.05) is 43.7 Å². The summed E-state index contributed by atoms with van der Waals surface area (Å²) in [6, 6.07) is 0. The first-order valence-electron chi connectivity index (χ1n) is 11.8. The fourth-order valence-corrected chi connectivity index (χ4v) is 4.02. The van der Waals surface area contributed by atoms with Crippen LogP contribution < -0.4 is 10.6 Å². The third-order valence-electron chi connectivity index (χ3n) is 5.55. The molecule has 2 saturated heterocycles. The smallest absolute Gasteiger partial charge is 0.303 e. The summed E-state index contributed by atoms with van der Waals surface area (Å²) in [5, 5.41) is 24.8. The van der Waals surface area contributed by atoms with E-state index in [0.717, 1.165) is 74.0 Å². The Morgan fingerprint density at radius 1 is 1.31 bits per heavy atom. The van der Waals surface area contributed by atoms with Crippen LogP contribution in [0, 0.1) is 0 Å². The number of aliphatic hydroxyl groups is 1. The fraction of sp³-hybridized carbons (Fsp3) is 0.542. The summed E-state index contributed by atoms with van der Waals surface area (Å²) in [4.78, 5) is 18.8. The molecular weight excluding hydrogens is 492 g/mol. The number of unbranched alkanes of at least 4 members (excludes halogenated alkanes) is 1. The van der Waals surface area contributed by atoms with Crippen LogP contribution in [-0.4, -0.2) is 82.6 Å². The molecule has 1 unspecified atom stereocenters. The van der Waals surface area contributed by atoms with Crippen molar-refractivity contribution in [2.45, 2.75) is 45.7 Å². The highest BCUT2D eigenvalue weighted by molar-refractivity contribution is 7.80. The molecule has 0 aromatic rings. The van der Waals surface area contributed by atoms with Crippen molar-refractivity contribution in [2.24, 2.45) is 4.99 Å². The minimum atomic E-state index is -0.745. The number of morpholine rings is 1. The molecule has 0 aliphatic carbocycles. The number of nitrogens with zero attached hydrogens (tertiary/aromatic N) is 3.